The lowest BCUT2D eigenvalue weighted by atomic mass is 10.1. The number of benzene rings is 2. The van der Waals surface area contributed by atoms with Gasteiger partial charge in [0.2, 0.25) is 0 Å². The summed E-state index contributed by atoms with van der Waals surface area (Å²) < 4.78 is 1.72. The molecule has 2 aromatic carbocycles. The maximum absolute atomic E-state index is 10.8. The summed E-state index contributed by atoms with van der Waals surface area (Å²) in [5.74, 6) is -1.01. The monoisotopic (exact) mass is 324 g/mol. The first-order valence-corrected chi connectivity index (χ1v) is 7.33. The summed E-state index contributed by atoms with van der Waals surface area (Å²) in [5.41, 5.74) is 3.11. The predicted octanol–water partition coefficient (Wildman–Crippen LogP) is 4.29. The molecule has 0 saturated carbocycles. The van der Waals surface area contributed by atoms with Crippen LogP contribution in [0.4, 0.5) is 0 Å². The van der Waals surface area contributed by atoms with E-state index >= 15 is 0 Å². The highest BCUT2D eigenvalue weighted by atomic mass is 35.5. The molecule has 1 N–H and O–H groups in total. The van der Waals surface area contributed by atoms with Gasteiger partial charge in [-0.25, -0.2) is 9.48 Å². The van der Waals surface area contributed by atoms with Crippen LogP contribution in [0.1, 0.15) is 5.56 Å². The number of aromatic nitrogens is 2. The van der Waals surface area contributed by atoms with Crippen molar-refractivity contribution in [1.29, 1.82) is 0 Å². The standard InChI is InChI=1S/C18H13ClN2O2/c19-15-6-4-5-13(11-15)18-14(9-10-17(22)23)12-21(20-18)16-7-2-1-3-8-16/h1-12H,(H,22,23). The van der Waals surface area contributed by atoms with Gasteiger partial charge in [-0.3, -0.25) is 0 Å². The van der Waals surface area contributed by atoms with Gasteiger partial charge in [-0.05, 0) is 30.3 Å². The van der Waals surface area contributed by atoms with Crippen molar-refractivity contribution in [3.8, 4) is 16.9 Å². The molecule has 0 amide bonds. The molecule has 5 heteroatoms. The van der Waals surface area contributed by atoms with Gasteiger partial charge in [0.15, 0.2) is 0 Å². The largest absolute Gasteiger partial charge is 0.478 e. The average Bonchev–Trinajstić information content (AvgIpc) is 2.98. The van der Waals surface area contributed by atoms with Crippen LogP contribution in [0.15, 0.2) is 66.9 Å². The summed E-state index contributed by atoms with van der Waals surface area (Å²) in [6.07, 6.45) is 4.43. The minimum absolute atomic E-state index is 0.602. The van der Waals surface area contributed by atoms with E-state index in [1.807, 2.05) is 42.5 Å². The molecule has 0 fully saturated rings. The molecule has 0 spiro atoms. The molecular formula is C18H13ClN2O2. The van der Waals surface area contributed by atoms with E-state index in [2.05, 4.69) is 5.10 Å². The Hall–Kier alpha value is -2.85. The Morgan fingerprint density at radius 2 is 1.91 bits per heavy atom. The van der Waals surface area contributed by atoms with Gasteiger partial charge in [-0.1, -0.05) is 41.9 Å². The van der Waals surface area contributed by atoms with Crippen LogP contribution in [0, 0.1) is 0 Å². The van der Waals surface area contributed by atoms with Gasteiger partial charge in [0.1, 0.15) is 5.69 Å². The predicted molar refractivity (Wildman–Crippen MR) is 90.7 cm³/mol. The van der Waals surface area contributed by atoms with Crippen molar-refractivity contribution >= 4 is 23.6 Å². The molecule has 3 aromatic rings. The zero-order chi connectivity index (χ0) is 16.2. The highest BCUT2D eigenvalue weighted by molar-refractivity contribution is 6.30. The molecule has 23 heavy (non-hydrogen) atoms. The topological polar surface area (TPSA) is 55.1 Å². The van der Waals surface area contributed by atoms with Crippen LogP contribution in [-0.4, -0.2) is 20.9 Å². The van der Waals surface area contributed by atoms with Crippen molar-refractivity contribution in [1.82, 2.24) is 9.78 Å². The quantitative estimate of drug-likeness (QED) is 0.728. The number of halogens is 1. The first-order valence-electron chi connectivity index (χ1n) is 6.95. The van der Waals surface area contributed by atoms with Crippen molar-refractivity contribution in [2.75, 3.05) is 0 Å². The lowest BCUT2D eigenvalue weighted by Gasteiger charge is -2.01. The van der Waals surface area contributed by atoms with Gasteiger partial charge in [-0.15, -0.1) is 0 Å². The maximum Gasteiger partial charge on any atom is 0.328 e. The van der Waals surface area contributed by atoms with E-state index in [4.69, 9.17) is 16.7 Å². The highest BCUT2D eigenvalue weighted by Gasteiger charge is 2.11. The molecule has 3 rings (SSSR count). The van der Waals surface area contributed by atoms with Crippen molar-refractivity contribution in [2.24, 2.45) is 0 Å². The van der Waals surface area contributed by atoms with Crippen LogP contribution in [0.2, 0.25) is 5.02 Å². The number of carbonyl (C=O) groups is 1. The Morgan fingerprint density at radius 1 is 1.13 bits per heavy atom. The van der Waals surface area contributed by atoms with E-state index in [1.165, 1.54) is 6.08 Å². The smallest absolute Gasteiger partial charge is 0.328 e. The molecule has 0 unspecified atom stereocenters. The summed E-state index contributed by atoms with van der Waals surface area (Å²) >= 11 is 6.05. The first kappa shape index (κ1) is 15.1. The van der Waals surface area contributed by atoms with E-state index in [1.54, 1.807) is 23.0 Å². The fourth-order valence-electron chi connectivity index (χ4n) is 2.24. The first-order chi connectivity index (χ1) is 11.1. The van der Waals surface area contributed by atoms with Gasteiger partial charge in [0.25, 0.3) is 0 Å². The van der Waals surface area contributed by atoms with E-state index in [0.29, 0.717) is 16.3 Å². The van der Waals surface area contributed by atoms with Crippen LogP contribution >= 0.6 is 11.6 Å². The number of para-hydroxylation sites is 1. The van der Waals surface area contributed by atoms with E-state index in [9.17, 15) is 4.79 Å². The third kappa shape index (κ3) is 3.49. The highest BCUT2D eigenvalue weighted by Crippen LogP contribution is 2.26. The fraction of sp³-hybridized carbons (Fsp3) is 0. The summed E-state index contributed by atoms with van der Waals surface area (Å²) in [5, 5.41) is 14.1. The number of hydrogen-bond acceptors (Lipinski definition) is 2. The summed E-state index contributed by atoms with van der Waals surface area (Å²) in [4.78, 5) is 10.8. The number of carboxylic acids is 1. The van der Waals surface area contributed by atoms with Crippen molar-refractivity contribution in [2.45, 2.75) is 0 Å². The third-order valence-electron chi connectivity index (χ3n) is 3.27. The Morgan fingerprint density at radius 3 is 2.61 bits per heavy atom. The van der Waals surface area contributed by atoms with Gasteiger partial charge in [0, 0.05) is 28.4 Å². The van der Waals surface area contributed by atoms with Crippen LogP contribution < -0.4 is 0 Å². The average molecular weight is 325 g/mol. The minimum atomic E-state index is -1.01. The lowest BCUT2D eigenvalue weighted by molar-refractivity contribution is -0.131. The third-order valence-corrected chi connectivity index (χ3v) is 3.50. The summed E-state index contributed by atoms with van der Waals surface area (Å²) in [6, 6.07) is 16.9. The molecule has 0 aliphatic rings. The minimum Gasteiger partial charge on any atom is -0.478 e. The molecule has 0 aliphatic heterocycles. The van der Waals surface area contributed by atoms with Crippen molar-refractivity contribution in [3.63, 3.8) is 0 Å². The molecule has 114 valence electrons. The summed E-state index contributed by atoms with van der Waals surface area (Å²) in [6.45, 7) is 0. The van der Waals surface area contributed by atoms with Crippen molar-refractivity contribution in [3.05, 3.63) is 77.5 Å². The Bertz CT molecular complexity index is 870. The molecular weight excluding hydrogens is 312 g/mol. The van der Waals surface area contributed by atoms with E-state index in [-0.39, 0.29) is 0 Å². The number of hydrogen-bond donors (Lipinski definition) is 1. The molecule has 0 radical (unpaired) electrons. The molecule has 0 saturated heterocycles. The van der Waals surface area contributed by atoms with Crippen LogP contribution in [-0.2, 0) is 4.79 Å². The van der Waals surface area contributed by atoms with E-state index in [0.717, 1.165) is 17.3 Å². The second kappa shape index (κ2) is 6.50. The molecule has 0 atom stereocenters. The molecule has 1 aromatic heterocycles. The number of carboxylic acid groups (broad SMARTS) is 1. The Labute approximate surface area is 138 Å². The maximum atomic E-state index is 10.8. The second-order valence-electron chi connectivity index (χ2n) is 4.90. The zero-order valence-electron chi connectivity index (χ0n) is 12.1. The van der Waals surface area contributed by atoms with E-state index < -0.39 is 5.97 Å². The number of nitrogens with zero attached hydrogens (tertiary/aromatic N) is 2. The van der Waals surface area contributed by atoms with Crippen LogP contribution in [0.25, 0.3) is 23.0 Å². The Kier molecular flexibility index (Phi) is 4.26. The van der Waals surface area contributed by atoms with Crippen molar-refractivity contribution < 1.29 is 9.90 Å². The zero-order valence-corrected chi connectivity index (χ0v) is 12.8. The lowest BCUT2D eigenvalue weighted by Crippen LogP contribution is -1.93. The Balaban J connectivity index is 2.13. The molecule has 1 heterocycles. The van der Waals surface area contributed by atoms with Gasteiger partial charge >= 0.3 is 5.97 Å². The normalized spacial score (nSPS) is 11.0. The van der Waals surface area contributed by atoms with Gasteiger partial charge < -0.3 is 5.11 Å². The number of rotatable bonds is 4. The number of aliphatic carboxylic acids is 1. The molecule has 4 nitrogen and oxygen atoms in total. The SMILES string of the molecule is O=C(O)C=Cc1cn(-c2ccccc2)nc1-c1cccc(Cl)c1. The van der Waals surface area contributed by atoms with Crippen LogP contribution in [0.5, 0.6) is 0 Å². The summed E-state index contributed by atoms with van der Waals surface area (Å²) in [7, 11) is 0. The molecule has 0 aliphatic carbocycles. The van der Waals surface area contributed by atoms with Gasteiger partial charge in [0.05, 0.1) is 5.69 Å². The fourth-order valence-corrected chi connectivity index (χ4v) is 2.43. The molecule has 0 bridgehead atoms. The van der Waals surface area contributed by atoms with Crippen LogP contribution in [0.3, 0.4) is 0 Å². The second-order valence-corrected chi connectivity index (χ2v) is 5.33. The van der Waals surface area contributed by atoms with Gasteiger partial charge in [-0.2, -0.15) is 5.10 Å².